The molecule has 4 nitrogen and oxygen atoms in total. The van der Waals surface area contributed by atoms with Crippen molar-refractivity contribution >= 4 is 5.91 Å². The molecule has 1 saturated carbocycles. The minimum absolute atomic E-state index is 0.0499. The Morgan fingerprint density at radius 2 is 1.94 bits per heavy atom. The predicted molar refractivity (Wildman–Crippen MR) is 64.1 cm³/mol. The lowest BCUT2D eigenvalue weighted by atomic mass is 10.00. The molecule has 3 N–H and O–H groups in total. The smallest absolute Gasteiger partial charge is 0.255 e. The second-order valence-electron chi connectivity index (χ2n) is 4.92. The minimum Gasteiger partial charge on any atom is -0.508 e. The van der Waals surface area contributed by atoms with Gasteiger partial charge in [-0.3, -0.25) is 4.79 Å². The molecule has 1 aliphatic carbocycles. The van der Waals surface area contributed by atoms with Gasteiger partial charge in [0.2, 0.25) is 0 Å². The minimum atomic E-state index is -0.285. The van der Waals surface area contributed by atoms with Crippen LogP contribution in [0.25, 0.3) is 0 Å². The zero-order chi connectivity index (χ0) is 12.5. The summed E-state index contributed by atoms with van der Waals surface area (Å²) in [5, 5.41) is 21.7. The summed E-state index contributed by atoms with van der Waals surface area (Å²) >= 11 is 0. The summed E-state index contributed by atoms with van der Waals surface area (Å²) in [7, 11) is 0. The van der Waals surface area contributed by atoms with E-state index in [4.69, 9.17) is 5.11 Å². The molecular formula is C13H17NO3. The average molecular weight is 235 g/mol. The van der Waals surface area contributed by atoms with Crippen LogP contribution in [0.2, 0.25) is 0 Å². The number of carbonyl (C=O) groups excluding carboxylic acids is 1. The Morgan fingerprint density at radius 1 is 1.29 bits per heavy atom. The molecule has 0 radical (unpaired) electrons. The molecule has 0 heterocycles. The Balaban J connectivity index is 2.14. The van der Waals surface area contributed by atoms with E-state index in [2.05, 4.69) is 5.32 Å². The van der Waals surface area contributed by atoms with Crippen LogP contribution in [-0.4, -0.2) is 21.7 Å². The molecule has 1 aromatic rings. The zero-order valence-electron chi connectivity index (χ0n) is 9.86. The van der Waals surface area contributed by atoms with Gasteiger partial charge in [0.05, 0.1) is 5.56 Å². The molecule has 2 rings (SSSR count). The molecule has 0 aromatic heterocycles. The van der Waals surface area contributed by atoms with Crippen molar-refractivity contribution in [2.24, 2.45) is 0 Å². The summed E-state index contributed by atoms with van der Waals surface area (Å²) in [6.07, 6.45) is 4.19. The lowest BCUT2D eigenvalue weighted by Crippen LogP contribution is -2.43. The number of amides is 1. The number of phenols is 2. The highest BCUT2D eigenvalue weighted by Gasteiger charge is 2.30. The topological polar surface area (TPSA) is 69.6 Å². The van der Waals surface area contributed by atoms with Gasteiger partial charge in [-0.15, -0.1) is 0 Å². The lowest BCUT2D eigenvalue weighted by molar-refractivity contribution is 0.0905. The number of aromatic hydroxyl groups is 2. The molecule has 0 spiro atoms. The maximum absolute atomic E-state index is 12.0. The van der Waals surface area contributed by atoms with Crippen LogP contribution in [0, 0.1) is 0 Å². The summed E-state index contributed by atoms with van der Waals surface area (Å²) in [6, 6.07) is 4.00. The fraction of sp³-hybridized carbons (Fsp3) is 0.462. The number of nitrogens with one attached hydrogen (secondary N) is 1. The van der Waals surface area contributed by atoms with Crippen molar-refractivity contribution in [2.45, 2.75) is 38.1 Å². The first-order valence-corrected chi connectivity index (χ1v) is 5.85. The van der Waals surface area contributed by atoms with E-state index >= 15 is 0 Å². The predicted octanol–water partition coefficient (Wildman–Crippen LogP) is 2.16. The van der Waals surface area contributed by atoms with E-state index in [1.165, 1.54) is 18.2 Å². The highest BCUT2D eigenvalue weighted by molar-refractivity contribution is 5.97. The Hall–Kier alpha value is -1.71. The lowest BCUT2D eigenvalue weighted by Gasteiger charge is -2.25. The number of carbonyl (C=O) groups is 1. The number of hydrogen-bond acceptors (Lipinski definition) is 3. The molecular weight excluding hydrogens is 218 g/mol. The van der Waals surface area contributed by atoms with E-state index in [9.17, 15) is 9.90 Å². The molecule has 1 amide bonds. The standard InChI is InChI=1S/C13H17NO3/c1-13(6-2-3-7-13)14-12(17)10-5-4-9(15)8-11(10)16/h4-5,8,15-16H,2-3,6-7H2,1H3,(H,14,17). The van der Waals surface area contributed by atoms with Crippen LogP contribution in [0.1, 0.15) is 43.0 Å². The third-order valence-corrected chi connectivity index (χ3v) is 3.35. The van der Waals surface area contributed by atoms with Crippen LogP contribution in [-0.2, 0) is 0 Å². The van der Waals surface area contributed by atoms with E-state index in [0.29, 0.717) is 0 Å². The second-order valence-corrected chi connectivity index (χ2v) is 4.92. The van der Waals surface area contributed by atoms with Crippen molar-refractivity contribution in [3.8, 4) is 11.5 Å². The monoisotopic (exact) mass is 235 g/mol. The van der Waals surface area contributed by atoms with Gasteiger partial charge in [-0.1, -0.05) is 12.8 Å². The summed E-state index contributed by atoms with van der Waals surface area (Å²) in [4.78, 5) is 12.0. The Bertz CT molecular complexity index is 436. The summed E-state index contributed by atoms with van der Waals surface area (Å²) in [5.41, 5.74) is 0.0393. The van der Waals surface area contributed by atoms with Gasteiger partial charge in [0.15, 0.2) is 0 Å². The van der Waals surface area contributed by atoms with Gasteiger partial charge in [0.25, 0.3) is 5.91 Å². The van der Waals surface area contributed by atoms with Crippen LogP contribution in [0.15, 0.2) is 18.2 Å². The van der Waals surface area contributed by atoms with E-state index in [-0.39, 0.29) is 28.5 Å². The first kappa shape index (κ1) is 11.8. The van der Waals surface area contributed by atoms with Gasteiger partial charge in [0, 0.05) is 11.6 Å². The third-order valence-electron chi connectivity index (χ3n) is 3.35. The molecule has 0 atom stereocenters. The van der Waals surface area contributed by atoms with Gasteiger partial charge >= 0.3 is 0 Å². The average Bonchev–Trinajstić information content (AvgIpc) is 2.64. The molecule has 1 aliphatic rings. The van der Waals surface area contributed by atoms with Crippen LogP contribution in [0.4, 0.5) is 0 Å². The molecule has 0 unspecified atom stereocenters. The second kappa shape index (κ2) is 4.28. The van der Waals surface area contributed by atoms with Gasteiger partial charge < -0.3 is 15.5 Å². The molecule has 1 aromatic carbocycles. The van der Waals surface area contributed by atoms with Crippen molar-refractivity contribution in [3.05, 3.63) is 23.8 Å². The van der Waals surface area contributed by atoms with Gasteiger partial charge in [-0.2, -0.15) is 0 Å². The molecule has 1 fully saturated rings. The van der Waals surface area contributed by atoms with Crippen LogP contribution < -0.4 is 5.32 Å². The maximum atomic E-state index is 12.0. The molecule has 17 heavy (non-hydrogen) atoms. The van der Waals surface area contributed by atoms with Crippen molar-refractivity contribution in [2.75, 3.05) is 0 Å². The van der Waals surface area contributed by atoms with Gasteiger partial charge in [-0.05, 0) is 31.9 Å². The van der Waals surface area contributed by atoms with Gasteiger partial charge in [-0.25, -0.2) is 0 Å². The van der Waals surface area contributed by atoms with Crippen LogP contribution in [0.3, 0.4) is 0 Å². The summed E-state index contributed by atoms with van der Waals surface area (Å²) in [5.74, 6) is -0.526. The molecule has 0 saturated heterocycles. The van der Waals surface area contributed by atoms with Crippen molar-refractivity contribution in [1.82, 2.24) is 5.32 Å². The highest BCUT2D eigenvalue weighted by atomic mass is 16.3. The molecule has 0 aliphatic heterocycles. The number of hydrogen-bond donors (Lipinski definition) is 3. The van der Waals surface area contributed by atoms with Gasteiger partial charge in [0.1, 0.15) is 11.5 Å². The zero-order valence-corrected chi connectivity index (χ0v) is 9.86. The fourth-order valence-corrected chi connectivity index (χ4v) is 2.33. The van der Waals surface area contributed by atoms with Crippen molar-refractivity contribution < 1.29 is 15.0 Å². The van der Waals surface area contributed by atoms with Crippen molar-refractivity contribution in [1.29, 1.82) is 0 Å². The normalized spacial score (nSPS) is 17.9. The van der Waals surface area contributed by atoms with Crippen molar-refractivity contribution in [3.63, 3.8) is 0 Å². The number of benzene rings is 1. The SMILES string of the molecule is CC1(NC(=O)c2ccc(O)cc2O)CCCC1. The Labute approximate surface area is 100 Å². The Kier molecular flexibility index (Phi) is 2.96. The third kappa shape index (κ3) is 2.52. The largest absolute Gasteiger partial charge is 0.508 e. The van der Waals surface area contributed by atoms with Crippen LogP contribution in [0.5, 0.6) is 11.5 Å². The highest BCUT2D eigenvalue weighted by Crippen LogP contribution is 2.30. The molecule has 4 heteroatoms. The van der Waals surface area contributed by atoms with E-state index < -0.39 is 0 Å². The van der Waals surface area contributed by atoms with E-state index in [1.807, 2.05) is 6.92 Å². The summed E-state index contributed by atoms with van der Waals surface area (Å²) in [6.45, 7) is 2.02. The first-order valence-electron chi connectivity index (χ1n) is 5.85. The molecule has 92 valence electrons. The maximum Gasteiger partial charge on any atom is 0.255 e. The van der Waals surface area contributed by atoms with E-state index in [1.54, 1.807) is 0 Å². The van der Waals surface area contributed by atoms with E-state index in [0.717, 1.165) is 25.7 Å². The fourth-order valence-electron chi connectivity index (χ4n) is 2.33. The van der Waals surface area contributed by atoms with Crippen LogP contribution >= 0.6 is 0 Å². The number of phenolic OH excluding ortho intramolecular Hbond substituents is 2. The first-order chi connectivity index (χ1) is 8.00. The molecule has 0 bridgehead atoms. The number of rotatable bonds is 2. The Morgan fingerprint density at radius 3 is 2.53 bits per heavy atom. The quantitative estimate of drug-likeness (QED) is 0.735. The summed E-state index contributed by atoms with van der Waals surface area (Å²) < 4.78 is 0.